The van der Waals surface area contributed by atoms with Gasteiger partial charge in [-0.25, -0.2) is 0 Å². The molecule has 104 valence electrons. The highest BCUT2D eigenvalue weighted by Gasteiger charge is 2.39. The summed E-state index contributed by atoms with van der Waals surface area (Å²) in [6.07, 6.45) is -1.93. The standard InChI is InChI=1S/C14H15F3O2/c15-14(16,17)12-8-4-3-6-10(12)9-5-1-2-7-11(9)13(18)19/h3-4,6,8-9,11H,1-2,5,7H2,(H,18,19). The Kier molecular flexibility index (Phi) is 3.83. The topological polar surface area (TPSA) is 37.3 Å². The van der Waals surface area contributed by atoms with Gasteiger partial charge in [0.2, 0.25) is 0 Å². The number of aliphatic carboxylic acids is 1. The highest BCUT2D eigenvalue weighted by molar-refractivity contribution is 5.71. The first-order chi connectivity index (χ1) is 8.91. The van der Waals surface area contributed by atoms with Gasteiger partial charge in [-0.1, -0.05) is 31.0 Å². The fraction of sp³-hybridized carbons (Fsp3) is 0.500. The smallest absolute Gasteiger partial charge is 0.416 e. The molecule has 1 N–H and O–H groups in total. The van der Waals surface area contributed by atoms with Gasteiger partial charge in [0.15, 0.2) is 0 Å². The number of benzene rings is 1. The maximum Gasteiger partial charge on any atom is 0.416 e. The van der Waals surface area contributed by atoms with E-state index in [9.17, 15) is 23.1 Å². The summed E-state index contributed by atoms with van der Waals surface area (Å²) in [5.41, 5.74) is -0.574. The largest absolute Gasteiger partial charge is 0.481 e. The Bertz CT molecular complexity index is 468. The lowest BCUT2D eigenvalue weighted by molar-refractivity contribution is -0.145. The van der Waals surface area contributed by atoms with Crippen LogP contribution in [0.2, 0.25) is 0 Å². The summed E-state index contributed by atoms with van der Waals surface area (Å²) < 4.78 is 39.0. The number of carbonyl (C=O) groups is 1. The van der Waals surface area contributed by atoms with E-state index >= 15 is 0 Å². The molecule has 19 heavy (non-hydrogen) atoms. The van der Waals surface area contributed by atoms with Crippen LogP contribution in [0.3, 0.4) is 0 Å². The average Bonchev–Trinajstić information content (AvgIpc) is 2.37. The van der Waals surface area contributed by atoms with Crippen molar-refractivity contribution in [2.24, 2.45) is 5.92 Å². The summed E-state index contributed by atoms with van der Waals surface area (Å²) in [4.78, 5) is 11.2. The number of carboxylic acid groups (broad SMARTS) is 1. The minimum atomic E-state index is -4.43. The van der Waals surface area contributed by atoms with Crippen molar-refractivity contribution in [3.63, 3.8) is 0 Å². The van der Waals surface area contributed by atoms with Crippen LogP contribution in [0, 0.1) is 5.92 Å². The SMILES string of the molecule is O=C(O)C1CCCCC1c1ccccc1C(F)(F)F. The average molecular weight is 272 g/mol. The molecule has 1 saturated carbocycles. The molecule has 0 amide bonds. The van der Waals surface area contributed by atoms with E-state index in [0.717, 1.165) is 18.9 Å². The molecule has 1 aromatic rings. The zero-order chi connectivity index (χ0) is 14.0. The third kappa shape index (κ3) is 2.91. The second kappa shape index (κ2) is 5.23. The number of carboxylic acids is 1. The minimum absolute atomic E-state index is 0.127. The van der Waals surface area contributed by atoms with Gasteiger partial charge in [0.1, 0.15) is 0 Å². The van der Waals surface area contributed by atoms with E-state index in [4.69, 9.17) is 0 Å². The zero-order valence-corrected chi connectivity index (χ0v) is 10.3. The maximum absolute atomic E-state index is 13.0. The normalized spacial score (nSPS) is 24.2. The van der Waals surface area contributed by atoms with Crippen LogP contribution in [0.1, 0.15) is 42.7 Å². The van der Waals surface area contributed by atoms with Crippen molar-refractivity contribution < 1.29 is 23.1 Å². The molecule has 2 unspecified atom stereocenters. The van der Waals surface area contributed by atoms with Gasteiger partial charge >= 0.3 is 12.1 Å². The van der Waals surface area contributed by atoms with Crippen LogP contribution in [0.5, 0.6) is 0 Å². The van der Waals surface area contributed by atoms with Gasteiger partial charge in [-0.15, -0.1) is 0 Å². The molecule has 2 nitrogen and oxygen atoms in total. The van der Waals surface area contributed by atoms with Crippen molar-refractivity contribution in [2.75, 3.05) is 0 Å². The second-order valence-electron chi connectivity index (χ2n) is 4.92. The van der Waals surface area contributed by atoms with Crippen LogP contribution >= 0.6 is 0 Å². The van der Waals surface area contributed by atoms with Gasteiger partial charge in [0.25, 0.3) is 0 Å². The fourth-order valence-corrected chi connectivity index (χ4v) is 2.88. The number of alkyl halides is 3. The summed E-state index contributed by atoms with van der Waals surface area (Å²) in [5, 5.41) is 9.18. The van der Waals surface area contributed by atoms with Crippen molar-refractivity contribution in [1.82, 2.24) is 0 Å². The Hall–Kier alpha value is -1.52. The van der Waals surface area contributed by atoms with Gasteiger partial charge in [-0.2, -0.15) is 13.2 Å². The van der Waals surface area contributed by atoms with Gasteiger partial charge in [-0.3, -0.25) is 4.79 Å². The van der Waals surface area contributed by atoms with Crippen LogP contribution in [0.4, 0.5) is 13.2 Å². The summed E-state index contributed by atoms with van der Waals surface area (Å²) in [5.74, 6) is -2.25. The van der Waals surface area contributed by atoms with E-state index < -0.39 is 29.5 Å². The fourth-order valence-electron chi connectivity index (χ4n) is 2.88. The first-order valence-corrected chi connectivity index (χ1v) is 6.30. The molecule has 5 heteroatoms. The van der Waals surface area contributed by atoms with E-state index in [2.05, 4.69) is 0 Å². The number of hydrogen-bond acceptors (Lipinski definition) is 1. The van der Waals surface area contributed by atoms with Crippen LogP contribution < -0.4 is 0 Å². The molecule has 0 bridgehead atoms. The molecule has 2 rings (SSSR count). The van der Waals surface area contributed by atoms with Crippen molar-refractivity contribution in [2.45, 2.75) is 37.8 Å². The maximum atomic E-state index is 13.0. The number of rotatable bonds is 2. The third-order valence-electron chi connectivity index (χ3n) is 3.75. The molecular formula is C14H15F3O2. The number of hydrogen-bond donors (Lipinski definition) is 1. The Balaban J connectivity index is 2.42. The summed E-state index contributed by atoms with van der Waals surface area (Å²) in [6, 6.07) is 5.32. The number of halogens is 3. The molecule has 0 heterocycles. The van der Waals surface area contributed by atoms with Gasteiger partial charge in [-0.05, 0) is 30.4 Å². The molecule has 0 radical (unpaired) electrons. The first-order valence-electron chi connectivity index (χ1n) is 6.30. The highest BCUT2D eigenvalue weighted by Crippen LogP contribution is 2.43. The van der Waals surface area contributed by atoms with E-state index in [1.54, 1.807) is 0 Å². The minimum Gasteiger partial charge on any atom is -0.481 e. The second-order valence-corrected chi connectivity index (χ2v) is 4.92. The van der Waals surface area contributed by atoms with Gasteiger partial charge in [0.05, 0.1) is 11.5 Å². The van der Waals surface area contributed by atoms with E-state index in [0.29, 0.717) is 12.8 Å². The molecular weight excluding hydrogens is 257 g/mol. The lowest BCUT2D eigenvalue weighted by Gasteiger charge is -2.30. The first kappa shape index (κ1) is 13.9. The van der Waals surface area contributed by atoms with Crippen LogP contribution in [0.25, 0.3) is 0 Å². The summed E-state index contributed by atoms with van der Waals surface area (Å²) >= 11 is 0. The van der Waals surface area contributed by atoms with E-state index in [-0.39, 0.29) is 5.56 Å². The van der Waals surface area contributed by atoms with Crippen molar-refractivity contribution in [3.05, 3.63) is 35.4 Å². The molecule has 0 aliphatic heterocycles. The monoisotopic (exact) mass is 272 g/mol. The third-order valence-corrected chi connectivity index (χ3v) is 3.75. The Labute approximate surface area is 109 Å². The summed E-state index contributed by atoms with van der Waals surface area (Å²) in [6.45, 7) is 0. The Morgan fingerprint density at radius 3 is 2.42 bits per heavy atom. The molecule has 0 spiro atoms. The van der Waals surface area contributed by atoms with Crippen LogP contribution in [0.15, 0.2) is 24.3 Å². The molecule has 1 aliphatic rings. The van der Waals surface area contributed by atoms with Crippen molar-refractivity contribution >= 4 is 5.97 Å². The predicted octanol–water partition coefficient (Wildman–Crippen LogP) is 4.06. The molecule has 1 aliphatic carbocycles. The predicted molar refractivity (Wildman–Crippen MR) is 63.8 cm³/mol. The van der Waals surface area contributed by atoms with E-state index in [1.807, 2.05) is 0 Å². The molecule has 2 atom stereocenters. The molecule has 0 aromatic heterocycles. The van der Waals surface area contributed by atoms with Gasteiger partial charge in [0, 0.05) is 0 Å². The quantitative estimate of drug-likeness (QED) is 0.881. The van der Waals surface area contributed by atoms with Crippen molar-refractivity contribution in [3.8, 4) is 0 Å². The lowest BCUT2D eigenvalue weighted by Crippen LogP contribution is -2.27. The Morgan fingerprint density at radius 1 is 1.16 bits per heavy atom. The van der Waals surface area contributed by atoms with E-state index in [1.165, 1.54) is 18.2 Å². The Morgan fingerprint density at radius 2 is 1.79 bits per heavy atom. The van der Waals surface area contributed by atoms with Gasteiger partial charge < -0.3 is 5.11 Å². The molecule has 0 saturated heterocycles. The van der Waals surface area contributed by atoms with Crippen LogP contribution in [-0.2, 0) is 11.0 Å². The summed E-state index contributed by atoms with van der Waals surface area (Å²) in [7, 11) is 0. The highest BCUT2D eigenvalue weighted by atomic mass is 19.4. The molecule has 1 fully saturated rings. The molecule has 1 aromatic carbocycles. The van der Waals surface area contributed by atoms with Crippen LogP contribution in [-0.4, -0.2) is 11.1 Å². The van der Waals surface area contributed by atoms with Crippen molar-refractivity contribution in [1.29, 1.82) is 0 Å². The lowest BCUT2D eigenvalue weighted by atomic mass is 9.74. The zero-order valence-electron chi connectivity index (χ0n) is 10.3.